The quantitative estimate of drug-likeness (QED) is 0.342. The number of piperidine rings is 3. The van der Waals surface area contributed by atoms with E-state index in [0.29, 0.717) is 6.10 Å². The smallest absolute Gasteiger partial charge is 0.138 e. The van der Waals surface area contributed by atoms with Gasteiger partial charge in [0.05, 0.1) is 17.6 Å². The minimum Gasteiger partial charge on any atom is -0.487 e. The first kappa shape index (κ1) is 23.3. The van der Waals surface area contributed by atoms with Gasteiger partial charge in [-0.15, -0.1) is 0 Å². The topological polar surface area (TPSA) is 38.2 Å². The molecule has 5 heterocycles. The molecule has 0 saturated carbocycles. The molecule has 0 spiro atoms. The summed E-state index contributed by atoms with van der Waals surface area (Å²) in [7, 11) is 0. The van der Waals surface area contributed by atoms with Crippen molar-refractivity contribution >= 4 is 0 Å². The van der Waals surface area contributed by atoms with Crippen LogP contribution in [0.1, 0.15) is 24.0 Å². The summed E-state index contributed by atoms with van der Waals surface area (Å²) < 4.78 is 6.20. The normalized spacial score (nSPS) is 20.6. The molecule has 3 aliphatic heterocycles. The number of ether oxygens (including phenoxy) is 1. The molecule has 0 unspecified atom stereocenters. The van der Waals surface area contributed by atoms with Gasteiger partial charge in [0, 0.05) is 23.9 Å². The lowest BCUT2D eigenvalue weighted by Gasteiger charge is -2.44. The molecule has 2 aromatic heterocycles. The monoisotopic (exact) mass is 463 g/mol. The highest BCUT2D eigenvalue weighted by Gasteiger charge is 2.35. The van der Waals surface area contributed by atoms with Gasteiger partial charge in [-0.05, 0) is 70.0 Å². The molecule has 2 bridgehead atoms. The summed E-state index contributed by atoms with van der Waals surface area (Å²) in [6, 6.07) is 26.9. The molecule has 1 atom stereocenters. The van der Waals surface area contributed by atoms with E-state index in [9.17, 15) is 0 Å². The minimum absolute atomic E-state index is 0.342. The summed E-state index contributed by atoms with van der Waals surface area (Å²) in [6.45, 7) is 7.75. The highest BCUT2D eigenvalue weighted by molar-refractivity contribution is 5.60. The third-order valence-corrected chi connectivity index (χ3v) is 6.98. The average Bonchev–Trinajstić information content (AvgIpc) is 2.92. The van der Waals surface area contributed by atoms with Gasteiger partial charge in [0.1, 0.15) is 11.9 Å². The standard InChI is InChI=1S/C19H22N2O.C12H11N/c1-14-2-4-15(5-3-14)18-7-6-17(12-20-18)22-19-13-21-10-8-16(19)9-11-21;1-10-5-7-11(8-6-10)12-4-2-3-9-13-12/h2-7,12,16,19H,8-11,13H2,1H3;2-9H,1H3/t19-;/m0./s1. The minimum atomic E-state index is 0.342. The predicted molar refractivity (Wildman–Crippen MR) is 142 cm³/mol. The van der Waals surface area contributed by atoms with Crippen LogP contribution in [-0.2, 0) is 0 Å². The molecule has 0 amide bonds. The largest absolute Gasteiger partial charge is 0.487 e. The molecule has 4 heteroatoms. The van der Waals surface area contributed by atoms with Crippen LogP contribution in [0.3, 0.4) is 0 Å². The van der Waals surface area contributed by atoms with Crippen molar-refractivity contribution < 1.29 is 4.74 Å². The summed E-state index contributed by atoms with van der Waals surface area (Å²) in [4.78, 5) is 11.4. The van der Waals surface area contributed by atoms with Crippen molar-refractivity contribution in [3.05, 3.63) is 102 Å². The van der Waals surface area contributed by atoms with E-state index >= 15 is 0 Å². The lowest BCUT2D eigenvalue weighted by atomic mass is 9.86. The van der Waals surface area contributed by atoms with Crippen LogP contribution in [0.5, 0.6) is 5.75 Å². The van der Waals surface area contributed by atoms with Crippen molar-refractivity contribution in [3.63, 3.8) is 0 Å². The maximum Gasteiger partial charge on any atom is 0.138 e. The third kappa shape index (κ3) is 5.95. The molecule has 178 valence electrons. The van der Waals surface area contributed by atoms with Gasteiger partial charge >= 0.3 is 0 Å². The molecular formula is C31H33N3O. The van der Waals surface area contributed by atoms with Gasteiger partial charge < -0.3 is 4.74 Å². The number of nitrogens with zero attached hydrogens (tertiary/aromatic N) is 3. The van der Waals surface area contributed by atoms with Crippen molar-refractivity contribution in [2.45, 2.75) is 32.8 Å². The number of benzene rings is 2. The lowest BCUT2D eigenvalue weighted by Crippen LogP contribution is -2.52. The van der Waals surface area contributed by atoms with Crippen LogP contribution in [-0.4, -0.2) is 40.6 Å². The second kappa shape index (κ2) is 10.8. The molecule has 3 saturated heterocycles. The maximum atomic E-state index is 6.20. The Balaban J connectivity index is 0.000000166. The average molecular weight is 464 g/mol. The highest BCUT2D eigenvalue weighted by Crippen LogP contribution is 2.31. The Labute approximate surface area is 208 Å². The van der Waals surface area contributed by atoms with Gasteiger partial charge in [-0.1, -0.05) is 65.7 Å². The van der Waals surface area contributed by atoms with Crippen molar-refractivity contribution in [2.24, 2.45) is 5.92 Å². The maximum absolute atomic E-state index is 6.20. The summed E-state index contributed by atoms with van der Waals surface area (Å²) >= 11 is 0. The van der Waals surface area contributed by atoms with E-state index in [1.165, 1.54) is 42.6 Å². The summed E-state index contributed by atoms with van der Waals surface area (Å²) in [6.07, 6.45) is 6.58. The Morgan fingerprint density at radius 2 is 1.34 bits per heavy atom. The third-order valence-electron chi connectivity index (χ3n) is 6.98. The molecule has 35 heavy (non-hydrogen) atoms. The van der Waals surface area contributed by atoms with Crippen LogP contribution in [0.4, 0.5) is 0 Å². The van der Waals surface area contributed by atoms with E-state index in [2.05, 4.69) is 89.4 Å². The van der Waals surface area contributed by atoms with Crippen molar-refractivity contribution in [2.75, 3.05) is 19.6 Å². The Hall–Kier alpha value is -3.50. The van der Waals surface area contributed by atoms with Crippen molar-refractivity contribution in [3.8, 4) is 28.3 Å². The number of fused-ring (bicyclic) bond motifs is 3. The van der Waals surface area contributed by atoms with Gasteiger partial charge in [-0.3, -0.25) is 14.9 Å². The molecule has 3 aliphatic rings. The second-order valence-electron chi connectivity index (χ2n) is 9.62. The molecule has 0 N–H and O–H groups in total. The number of hydrogen-bond donors (Lipinski definition) is 0. The SMILES string of the molecule is Cc1ccc(-c2ccc(O[C@H]3CN4CCC3CC4)cn2)cc1.Cc1ccc(-c2ccccn2)cc1. The van der Waals surface area contributed by atoms with E-state index in [0.717, 1.165) is 35.2 Å². The van der Waals surface area contributed by atoms with E-state index in [1.54, 1.807) is 0 Å². The van der Waals surface area contributed by atoms with Crippen LogP contribution in [0.15, 0.2) is 91.3 Å². The summed E-state index contributed by atoms with van der Waals surface area (Å²) in [5.41, 5.74) is 6.90. The van der Waals surface area contributed by atoms with Gasteiger partial charge in [-0.25, -0.2) is 0 Å². The number of aryl methyl sites for hydroxylation is 2. The Kier molecular flexibility index (Phi) is 7.20. The molecule has 3 fully saturated rings. The van der Waals surface area contributed by atoms with E-state index < -0.39 is 0 Å². The molecule has 0 aliphatic carbocycles. The van der Waals surface area contributed by atoms with Crippen LogP contribution >= 0.6 is 0 Å². The summed E-state index contributed by atoms with van der Waals surface area (Å²) in [5.74, 6) is 1.62. The fourth-order valence-corrected chi connectivity index (χ4v) is 4.82. The van der Waals surface area contributed by atoms with Crippen LogP contribution in [0, 0.1) is 19.8 Å². The van der Waals surface area contributed by atoms with Crippen LogP contribution in [0.2, 0.25) is 0 Å². The first-order valence-corrected chi connectivity index (χ1v) is 12.5. The molecule has 4 nitrogen and oxygen atoms in total. The van der Waals surface area contributed by atoms with Crippen molar-refractivity contribution in [1.29, 1.82) is 0 Å². The highest BCUT2D eigenvalue weighted by atomic mass is 16.5. The number of pyridine rings is 2. The van der Waals surface area contributed by atoms with Gasteiger partial charge in [0.15, 0.2) is 0 Å². The number of rotatable bonds is 4. The van der Waals surface area contributed by atoms with Crippen LogP contribution < -0.4 is 4.74 Å². The zero-order valence-corrected chi connectivity index (χ0v) is 20.6. The molecule has 4 aromatic rings. The first-order chi connectivity index (χ1) is 17.1. The van der Waals surface area contributed by atoms with Gasteiger partial charge in [0.2, 0.25) is 0 Å². The first-order valence-electron chi connectivity index (χ1n) is 12.5. The predicted octanol–water partition coefficient (Wildman–Crippen LogP) is 6.59. The molecule has 0 radical (unpaired) electrons. The molecular weight excluding hydrogens is 430 g/mol. The van der Waals surface area contributed by atoms with Crippen molar-refractivity contribution in [1.82, 2.24) is 14.9 Å². The van der Waals surface area contributed by atoms with Crippen LogP contribution in [0.25, 0.3) is 22.5 Å². The van der Waals surface area contributed by atoms with Gasteiger partial charge in [0.25, 0.3) is 0 Å². The van der Waals surface area contributed by atoms with E-state index in [-0.39, 0.29) is 0 Å². The summed E-state index contributed by atoms with van der Waals surface area (Å²) in [5, 5.41) is 0. The molecule has 2 aromatic carbocycles. The Bertz CT molecular complexity index is 1200. The van der Waals surface area contributed by atoms with E-state index in [1.807, 2.05) is 30.6 Å². The number of hydrogen-bond acceptors (Lipinski definition) is 4. The Morgan fingerprint density at radius 1 is 0.714 bits per heavy atom. The second-order valence-corrected chi connectivity index (χ2v) is 9.62. The molecule has 7 rings (SSSR count). The van der Waals surface area contributed by atoms with E-state index in [4.69, 9.17) is 4.74 Å². The fourth-order valence-electron chi connectivity index (χ4n) is 4.82. The number of aromatic nitrogens is 2. The zero-order chi connectivity index (χ0) is 24.0. The fraction of sp³-hybridized carbons (Fsp3) is 0.290. The zero-order valence-electron chi connectivity index (χ0n) is 20.6. The van der Waals surface area contributed by atoms with Gasteiger partial charge in [-0.2, -0.15) is 0 Å². The Morgan fingerprint density at radius 3 is 1.83 bits per heavy atom. The lowest BCUT2D eigenvalue weighted by molar-refractivity contribution is -0.00791.